The molecule has 0 saturated carbocycles. The average molecular weight is 372 g/mol. The Morgan fingerprint density at radius 1 is 1.18 bits per heavy atom. The molecule has 0 aliphatic rings. The molecule has 0 fully saturated rings. The predicted molar refractivity (Wildman–Crippen MR) is 110 cm³/mol. The van der Waals surface area contributed by atoms with Crippen molar-refractivity contribution in [3.8, 4) is 17.3 Å². The van der Waals surface area contributed by atoms with Gasteiger partial charge in [0.25, 0.3) is 5.56 Å². The molecular weight excluding hydrogens is 352 g/mol. The fourth-order valence-corrected chi connectivity index (χ4v) is 2.74. The first kappa shape index (κ1) is 19.0. The lowest BCUT2D eigenvalue weighted by Gasteiger charge is -2.11. The summed E-state index contributed by atoms with van der Waals surface area (Å²) in [6.45, 7) is 0.784. The molecule has 3 rings (SSSR count). The van der Waals surface area contributed by atoms with Crippen molar-refractivity contribution < 1.29 is 0 Å². The maximum atomic E-state index is 12.3. The minimum absolute atomic E-state index is 0.0305. The third-order valence-corrected chi connectivity index (χ3v) is 3.99. The van der Waals surface area contributed by atoms with Gasteiger partial charge in [-0.2, -0.15) is 10.4 Å². The Morgan fingerprint density at radius 3 is 2.61 bits per heavy atom. The van der Waals surface area contributed by atoms with Crippen LogP contribution in [-0.4, -0.2) is 35.2 Å². The summed E-state index contributed by atoms with van der Waals surface area (Å²) in [6.07, 6.45) is 1.68. The number of benzene rings is 2. The van der Waals surface area contributed by atoms with Crippen molar-refractivity contribution in [2.24, 2.45) is 5.10 Å². The Bertz CT molecular complexity index is 1080. The zero-order valence-corrected chi connectivity index (χ0v) is 15.7. The Labute approximate surface area is 163 Å². The van der Waals surface area contributed by atoms with Gasteiger partial charge in [0.1, 0.15) is 11.6 Å². The second-order valence-electron chi connectivity index (χ2n) is 6.42. The number of hydrogen-bond donors (Lipinski definition) is 2. The number of rotatable bonds is 6. The summed E-state index contributed by atoms with van der Waals surface area (Å²) in [5, 5.41) is 13.5. The molecule has 28 heavy (non-hydrogen) atoms. The molecule has 0 amide bonds. The van der Waals surface area contributed by atoms with Crippen LogP contribution in [0.4, 0.5) is 5.95 Å². The van der Waals surface area contributed by atoms with E-state index in [9.17, 15) is 10.1 Å². The van der Waals surface area contributed by atoms with Gasteiger partial charge in [-0.25, -0.2) is 10.4 Å². The van der Waals surface area contributed by atoms with Gasteiger partial charge in [0.2, 0.25) is 5.95 Å². The SMILES string of the molecule is CN(C)Cc1ccccc1C=NNc1nc(-c2ccccc2)c(C#N)c(=O)[nH]1. The fraction of sp³-hybridized carbons (Fsp3) is 0.143. The highest BCUT2D eigenvalue weighted by Gasteiger charge is 2.12. The van der Waals surface area contributed by atoms with E-state index < -0.39 is 5.56 Å². The van der Waals surface area contributed by atoms with E-state index in [1.54, 1.807) is 18.3 Å². The molecule has 1 heterocycles. The summed E-state index contributed by atoms with van der Waals surface area (Å²) in [5.41, 5.74) is 5.31. The van der Waals surface area contributed by atoms with Crippen LogP contribution in [0.1, 0.15) is 16.7 Å². The lowest BCUT2D eigenvalue weighted by Crippen LogP contribution is -2.16. The van der Waals surface area contributed by atoms with Crippen molar-refractivity contribution in [2.75, 3.05) is 19.5 Å². The van der Waals surface area contributed by atoms with Crippen molar-refractivity contribution in [3.63, 3.8) is 0 Å². The summed E-state index contributed by atoms with van der Waals surface area (Å²) in [5.74, 6) is 0.171. The second-order valence-corrected chi connectivity index (χ2v) is 6.42. The van der Waals surface area contributed by atoms with Crippen LogP contribution in [-0.2, 0) is 6.54 Å². The summed E-state index contributed by atoms with van der Waals surface area (Å²) < 4.78 is 0. The van der Waals surface area contributed by atoms with Crippen LogP contribution >= 0.6 is 0 Å². The van der Waals surface area contributed by atoms with Gasteiger partial charge in [0, 0.05) is 12.1 Å². The van der Waals surface area contributed by atoms with Gasteiger partial charge in [0.15, 0.2) is 0 Å². The molecule has 0 saturated heterocycles. The molecule has 0 unspecified atom stereocenters. The summed E-state index contributed by atoms with van der Waals surface area (Å²) >= 11 is 0. The first-order chi connectivity index (χ1) is 13.6. The molecule has 3 aromatic rings. The number of aromatic amines is 1. The van der Waals surface area contributed by atoms with Crippen molar-refractivity contribution in [2.45, 2.75) is 6.54 Å². The molecule has 0 radical (unpaired) electrons. The zero-order chi connectivity index (χ0) is 19.9. The molecule has 0 spiro atoms. The van der Waals surface area contributed by atoms with Gasteiger partial charge in [-0.05, 0) is 25.2 Å². The van der Waals surface area contributed by atoms with Crippen molar-refractivity contribution in [3.05, 3.63) is 81.6 Å². The standard InChI is InChI=1S/C21H20N6O/c1-27(2)14-17-11-7-6-10-16(17)13-23-26-21-24-19(15-8-4-3-5-9-15)18(12-22)20(28)25-21/h3-11,13H,14H2,1-2H3,(H2,24,25,26,28). The number of nitrogens with zero attached hydrogens (tertiary/aromatic N) is 4. The predicted octanol–water partition coefficient (Wildman–Crippen LogP) is 2.82. The summed E-state index contributed by atoms with van der Waals surface area (Å²) in [7, 11) is 4.01. The van der Waals surface area contributed by atoms with Crippen LogP contribution in [0.25, 0.3) is 11.3 Å². The quantitative estimate of drug-likeness (QED) is 0.512. The molecule has 0 atom stereocenters. The third kappa shape index (κ3) is 4.50. The minimum Gasteiger partial charge on any atom is -0.305 e. The minimum atomic E-state index is -0.512. The van der Waals surface area contributed by atoms with E-state index >= 15 is 0 Å². The summed E-state index contributed by atoms with van der Waals surface area (Å²) in [4.78, 5) is 21.2. The molecule has 7 nitrogen and oxygen atoms in total. The highest BCUT2D eigenvalue weighted by molar-refractivity contribution is 5.82. The zero-order valence-electron chi connectivity index (χ0n) is 15.7. The highest BCUT2D eigenvalue weighted by atomic mass is 16.1. The molecular formula is C21H20N6O. The number of aromatic nitrogens is 2. The fourth-order valence-electron chi connectivity index (χ4n) is 2.74. The molecule has 0 aliphatic heterocycles. The molecule has 7 heteroatoms. The van der Waals surface area contributed by atoms with E-state index in [2.05, 4.69) is 25.4 Å². The topological polar surface area (TPSA) is 97.2 Å². The molecule has 2 aromatic carbocycles. The average Bonchev–Trinajstić information content (AvgIpc) is 2.69. The molecule has 0 bridgehead atoms. The Balaban J connectivity index is 1.88. The van der Waals surface area contributed by atoms with Crippen molar-refractivity contribution in [1.82, 2.24) is 14.9 Å². The second kappa shape index (κ2) is 8.75. The maximum absolute atomic E-state index is 12.3. The van der Waals surface area contributed by atoms with Crippen LogP contribution in [0.3, 0.4) is 0 Å². The number of hydrazone groups is 1. The smallest absolute Gasteiger partial charge is 0.270 e. The Hall–Kier alpha value is -3.76. The Morgan fingerprint density at radius 2 is 1.89 bits per heavy atom. The first-order valence-corrected chi connectivity index (χ1v) is 8.70. The largest absolute Gasteiger partial charge is 0.305 e. The van der Waals surface area contributed by atoms with E-state index in [-0.39, 0.29) is 11.5 Å². The van der Waals surface area contributed by atoms with Crippen LogP contribution in [0, 0.1) is 11.3 Å². The van der Waals surface area contributed by atoms with Crippen molar-refractivity contribution in [1.29, 1.82) is 5.26 Å². The van der Waals surface area contributed by atoms with E-state index in [1.165, 1.54) is 0 Å². The van der Waals surface area contributed by atoms with Gasteiger partial charge in [-0.1, -0.05) is 54.6 Å². The number of anilines is 1. The van der Waals surface area contributed by atoms with Crippen LogP contribution < -0.4 is 11.0 Å². The van der Waals surface area contributed by atoms with E-state index in [0.29, 0.717) is 11.3 Å². The normalized spacial score (nSPS) is 10.9. The Kier molecular flexibility index (Phi) is 5.94. The van der Waals surface area contributed by atoms with Gasteiger partial charge < -0.3 is 4.90 Å². The molecule has 140 valence electrons. The number of nitriles is 1. The van der Waals surface area contributed by atoms with Crippen molar-refractivity contribution >= 4 is 12.2 Å². The highest BCUT2D eigenvalue weighted by Crippen LogP contribution is 2.19. The number of hydrogen-bond acceptors (Lipinski definition) is 6. The van der Waals surface area contributed by atoms with Crippen LogP contribution in [0.2, 0.25) is 0 Å². The van der Waals surface area contributed by atoms with E-state index in [0.717, 1.165) is 17.7 Å². The molecule has 1 aromatic heterocycles. The number of H-pyrrole nitrogens is 1. The van der Waals surface area contributed by atoms with Crippen LogP contribution in [0.15, 0.2) is 64.5 Å². The number of nitrogens with one attached hydrogen (secondary N) is 2. The summed E-state index contributed by atoms with van der Waals surface area (Å²) in [6, 6.07) is 19.0. The molecule has 0 aliphatic carbocycles. The first-order valence-electron chi connectivity index (χ1n) is 8.70. The van der Waals surface area contributed by atoms with E-state index in [1.807, 2.05) is 62.6 Å². The third-order valence-electron chi connectivity index (χ3n) is 3.99. The maximum Gasteiger partial charge on any atom is 0.270 e. The van der Waals surface area contributed by atoms with Gasteiger partial charge in [-0.3, -0.25) is 9.78 Å². The van der Waals surface area contributed by atoms with Gasteiger partial charge in [-0.15, -0.1) is 0 Å². The molecule has 2 N–H and O–H groups in total. The van der Waals surface area contributed by atoms with Gasteiger partial charge in [0.05, 0.1) is 11.9 Å². The monoisotopic (exact) mass is 372 g/mol. The lowest BCUT2D eigenvalue weighted by atomic mass is 10.1. The van der Waals surface area contributed by atoms with E-state index in [4.69, 9.17) is 0 Å². The lowest BCUT2D eigenvalue weighted by molar-refractivity contribution is 0.402. The van der Waals surface area contributed by atoms with Gasteiger partial charge >= 0.3 is 0 Å². The van der Waals surface area contributed by atoms with Crippen LogP contribution in [0.5, 0.6) is 0 Å².